The number of aromatic nitrogens is 2. The first kappa shape index (κ1) is 47.7. The Morgan fingerprint density at radius 2 is 1.11 bits per heavy atom. The number of unbranched alkanes of at least 4 members (excludes halogenated alkanes) is 24. The monoisotopic (exact) mass is 771 g/mol. The first-order chi connectivity index (χ1) is 25.2. The highest BCUT2D eigenvalue weighted by Crippen LogP contribution is 2.47. The van der Waals surface area contributed by atoms with Gasteiger partial charge in [-0.25, -0.2) is 4.79 Å². The number of H-pyrrole nitrogens is 1. The molecule has 1 aromatic rings. The molecule has 3 rings (SSSR count). The molecule has 2 fully saturated rings. The van der Waals surface area contributed by atoms with Gasteiger partial charge < -0.3 is 28.5 Å². The number of phosphoric acid groups is 1. The Bertz CT molecular complexity index is 1200. The number of nitrogens with one attached hydrogen (secondary N) is 1. The summed E-state index contributed by atoms with van der Waals surface area (Å²) in [4.78, 5) is 47.6. The molecule has 12 heteroatoms. The molecule has 1 aromatic heterocycles. The Kier molecular flexibility index (Phi) is 24.5. The van der Waals surface area contributed by atoms with Gasteiger partial charge >= 0.3 is 5.69 Å². The second kappa shape index (κ2) is 27.2. The number of fused-ring (bicyclic) bond motifs is 1. The highest BCUT2D eigenvalue weighted by molar-refractivity contribution is 7.44. The van der Waals surface area contributed by atoms with Gasteiger partial charge in [-0.1, -0.05) is 168 Å². The van der Waals surface area contributed by atoms with Gasteiger partial charge in [0.25, 0.3) is 13.4 Å². The third-order valence-corrected chi connectivity index (χ3v) is 11.3. The fraction of sp³-hybridized carbons (Fsp3) is 0.878. The molecule has 53 heavy (non-hydrogen) atoms. The largest absolute Gasteiger partial charge is 0.756 e. The fourth-order valence-electron chi connectivity index (χ4n) is 7.84. The lowest BCUT2D eigenvalue weighted by molar-refractivity contribution is -0.236. The zero-order valence-corrected chi connectivity index (χ0v) is 34.5. The molecule has 3 heterocycles. The molecule has 0 radical (unpaired) electrons. The van der Waals surface area contributed by atoms with Crippen molar-refractivity contribution in [2.24, 2.45) is 0 Å². The Morgan fingerprint density at radius 1 is 0.717 bits per heavy atom. The predicted molar refractivity (Wildman–Crippen MR) is 211 cm³/mol. The summed E-state index contributed by atoms with van der Waals surface area (Å²) in [6.07, 6.45) is 32.0. The minimum atomic E-state index is -5.02. The van der Waals surface area contributed by atoms with E-state index in [-0.39, 0.29) is 7.43 Å². The lowest BCUT2D eigenvalue weighted by Crippen LogP contribution is -2.38. The van der Waals surface area contributed by atoms with Crippen LogP contribution in [0.2, 0.25) is 0 Å². The predicted octanol–water partition coefficient (Wildman–Crippen LogP) is 9.80. The number of hydrogen-bond donors (Lipinski definition) is 2. The zero-order valence-electron chi connectivity index (χ0n) is 33.6. The summed E-state index contributed by atoms with van der Waals surface area (Å²) in [6.45, 7) is 4.03. The van der Waals surface area contributed by atoms with Crippen LogP contribution in [-0.2, 0) is 23.3 Å². The Balaban J connectivity index is 0.00000972. The number of ether oxygens (including phenoxy) is 3. The fourth-order valence-corrected chi connectivity index (χ4v) is 8.17. The molecule has 0 saturated carbocycles. The third kappa shape index (κ3) is 18.8. The average Bonchev–Trinajstić information content (AvgIpc) is 3.63. The van der Waals surface area contributed by atoms with E-state index >= 15 is 0 Å². The first-order valence-electron chi connectivity index (χ1n) is 21.2. The van der Waals surface area contributed by atoms with Crippen molar-refractivity contribution in [2.45, 2.75) is 224 Å². The second-order valence-electron chi connectivity index (χ2n) is 15.4. The van der Waals surface area contributed by atoms with Crippen LogP contribution in [0.5, 0.6) is 0 Å². The third-order valence-electron chi connectivity index (χ3n) is 10.8. The van der Waals surface area contributed by atoms with Crippen LogP contribution in [0.1, 0.15) is 200 Å². The molecular formula is C41H75N2O9P. The van der Waals surface area contributed by atoms with E-state index in [0.717, 1.165) is 38.5 Å². The maximum atomic E-state index is 12.8. The summed E-state index contributed by atoms with van der Waals surface area (Å²) in [6, 6.07) is 1.23. The van der Waals surface area contributed by atoms with Gasteiger partial charge in [0, 0.05) is 32.5 Å². The quantitative estimate of drug-likeness (QED) is 0.0414. The van der Waals surface area contributed by atoms with E-state index in [0.29, 0.717) is 12.8 Å². The van der Waals surface area contributed by atoms with E-state index in [4.69, 9.17) is 18.7 Å². The minimum absolute atomic E-state index is 0. The molecule has 0 aliphatic carbocycles. The van der Waals surface area contributed by atoms with Crippen molar-refractivity contribution in [1.82, 2.24) is 9.55 Å². The number of hydrogen-bond acceptors (Lipinski definition) is 8. The van der Waals surface area contributed by atoms with Crippen molar-refractivity contribution in [2.75, 3.05) is 6.61 Å². The SMILES string of the molecule is CCCCCCCCCCCCCCCC1(CCCCCCCCCCCCCCC)OC2C(COP(=O)([O-])O)OC(n3ccc(=O)[nH]c3=O)C2O1.[CH3+]. The Morgan fingerprint density at radius 3 is 1.51 bits per heavy atom. The smallest absolute Gasteiger partial charge is 0.330 e. The summed E-state index contributed by atoms with van der Waals surface area (Å²) in [5, 5.41) is 0. The molecular weight excluding hydrogens is 695 g/mol. The molecule has 0 spiro atoms. The zero-order chi connectivity index (χ0) is 37.5. The van der Waals surface area contributed by atoms with E-state index in [9.17, 15) is 23.9 Å². The maximum absolute atomic E-state index is 12.8. The highest BCUT2D eigenvalue weighted by atomic mass is 31.2. The van der Waals surface area contributed by atoms with E-state index in [1.54, 1.807) is 0 Å². The van der Waals surface area contributed by atoms with Crippen LogP contribution in [0.3, 0.4) is 0 Å². The molecule has 5 unspecified atom stereocenters. The highest BCUT2D eigenvalue weighted by Gasteiger charge is 2.58. The average molecular weight is 771 g/mol. The number of rotatable bonds is 32. The van der Waals surface area contributed by atoms with Crippen molar-refractivity contribution >= 4 is 7.82 Å². The van der Waals surface area contributed by atoms with Crippen LogP contribution in [0, 0.1) is 7.43 Å². The molecule has 2 aliphatic rings. The van der Waals surface area contributed by atoms with E-state index in [2.05, 4.69) is 18.8 Å². The van der Waals surface area contributed by atoms with Gasteiger partial charge in [-0.3, -0.25) is 18.9 Å². The molecule has 0 bridgehead atoms. The topological polar surface area (TPSA) is 152 Å². The first-order valence-corrected chi connectivity index (χ1v) is 22.7. The van der Waals surface area contributed by atoms with Crippen molar-refractivity contribution in [1.29, 1.82) is 0 Å². The van der Waals surface area contributed by atoms with Gasteiger partial charge in [-0.15, -0.1) is 0 Å². The second-order valence-corrected chi connectivity index (χ2v) is 16.6. The van der Waals surface area contributed by atoms with Gasteiger partial charge in [0.1, 0.15) is 18.3 Å². The molecule has 5 atom stereocenters. The maximum Gasteiger partial charge on any atom is 0.330 e. The van der Waals surface area contributed by atoms with Gasteiger partial charge in [-0.05, 0) is 12.8 Å². The lowest BCUT2D eigenvalue weighted by Gasteiger charge is -2.32. The summed E-state index contributed by atoms with van der Waals surface area (Å²) >= 11 is 0. The van der Waals surface area contributed by atoms with Crippen molar-refractivity contribution in [3.05, 3.63) is 40.5 Å². The summed E-state index contributed by atoms with van der Waals surface area (Å²) in [7, 11) is -5.02. The van der Waals surface area contributed by atoms with Crippen LogP contribution >= 0.6 is 7.82 Å². The molecule has 2 N–H and O–H groups in total. The van der Waals surface area contributed by atoms with Gasteiger partial charge in [0.15, 0.2) is 12.0 Å². The number of aromatic amines is 1. The molecule has 0 amide bonds. The molecule has 2 saturated heterocycles. The minimum Gasteiger partial charge on any atom is -0.756 e. The van der Waals surface area contributed by atoms with Crippen LogP contribution in [0.4, 0.5) is 0 Å². The Hall–Kier alpha value is -1.46. The summed E-state index contributed by atoms with van der Waals surface area (Å²) in [5.74, 6) is -0.905. The van der Waals surface area contributed by atoms with Gasteiger partial charge in [-0.2, -0.15) is 0 Å². The summed E-state index contributed by atoms with van der Waals surface area (Å²) in [5.41, 5.74) is -1.20. The molecule has 2 aliphatic heterocycles. The van der Waals surface area contributed by atoms with Crippen molar-refractivity contribution in [3.63, 3.8) is 0 Å². The van der Waals surface area contributed by atoms with Crippen LogP contribution in [0.25, 0.3) is 0 Å². The van der Waals surface area contributed by atoms with Gasteiger partial charge in [0.2, 0.25) is 0 Å². The molecule has 308 valence electrons. The number of nitrogens with zero attached hydrogens (tertiary/aromatic N) is 1. The van der Waals surface area contributed by atoms with Crippen LogP contribution in [-0.4, -0.2) is 45.2 Å². The van der Waals surface area contributed by atoms with E-state index < -0.39 is 56.0 Å². The lowest BCUT2D eigenvalue weighted by atomic mass is 9.98. The van der Waals surface area contributed by atoms with Crippen LogP contribution < -0.4 is 16.1 Å². The number of phosphoric ester groups is 1. The molecule has 11 nitrogen and oxygen atoms in total. The Labute approximate surface area is 320 Å². The molecule has 0 aromatic carbocycles. The van der Waals surface area contributed by atoms with Gasteiger partial charge in [0.05, 0.1) is 6.61 Å². The standard InChI is InChI=1S/C40H73N2O9P.CH3/c1-3-5-7-9-11-13-15-17-19-21-23-25-27-30-40(31-28-26-24-22-20-18-16-14-12-10-8-6-4-2)50-36-34(33-48-52(45,46)47)49-38(37(36)51-40)42-32-29-35(43)41-39(42)44;/h29,32,34,36-38H,3-28,30-31,33H2,1-2H3,(H,41,43,44)(H2,45,46,47);1H3/q;+1/p-1. The van der Waals surface area contributed by atoms with Crippen molar-refractivity contribution in [3.8, 4) is 0 Å². The summed E-state index contributed by atoms with van der Waals surface area (Å²) < 4.78 is 37.0. The van der Waals surface area contributed by atoms with E-state index in [1.165, 1.54) is 145 Å². The van der Waals surface area contributed by atoms with Crippen LogP contribution in [0.15, 0.2) is 21.9 Å². The van der Waals surface area contributed by atoms with Crippen molar-refractivity contribution < 1.29 is 33.1 Å². The normalized spacial score (nSPS) is 21.7. The van der Waals surface area contributed by atoms with E-state index in [1.807, 2.05) is 0 Å².